The summed E-state index contributed by atoms with van der Waals surface area (Å²) in [6, 6.07) is 3.46. The summed E-state index contributed by atoms with van der Waals surface area (Å²) in [4.78, 5) is 0. The Balaban J connectivity index is 2.38. The van der Waals surface area contributed by atoms with Crippen molar-refractivity contribution in [2.45, 2.75) is 0 Å². The van der Waals surface area contributed by atoms with Crippen molar-refractivity contribution in [2.24, 2.45) is 0 Å². The van der Waals surface area contributed by atoms with Crippen molar-refractivity contribution in [1.29, 1.82) is 21.0 Å². The largest absolute Gasteiger partial charge is 0.203 e. The molecule has 234 valence electrons. The fourth-order valence-electron chi connectivity index (χ4n) is 4.56. The standard InChI is InChI=1S/C32H2F12N4/c1-3-9(18-27(39)21(33)12(6-46)22(34)28(18)40)15-16(10(4-2)19-29(41)23(35)13(7-47)24(36)30(19)42)17(15)11(5-45)20-31(43)25(37)14(8-48)26(38)32(20)44/h1-2H/b15-9-,16-10+,17-11?. The molecule has 3 aromatic rings. The second-order valence-electron chi connectivity index (χ2n) is 9.00. The number of allylic oxidation sites excluding steroid dienone is 6. The van der Waals surface area contributed by atoms with E-state index in [1.54, 1.807) is 0 Å². The maximum absolute atomic E-state index is 15.1. The van der Waals surface area contributed by atoms with E-state index in [2.05, 4.69) is 0 Å². The summed E-state index contributed by atoms with van der Waals surface area (Å²) in [6.45, 7) is 0. The fraction of sp³-hybridized carbons (Fsp3) is 0. The second-order valence-corrected chi connectivity index (χ2v) is 9.00. The van der Waals surface area contributed by atoms with E-state index in [9.17, 15) is 31.6 Å². The van der Waals surface area contributed by atoms with Gasteiger partial charge in [-0.2, -0.15) is 21.0 Å². The predicted molar refractivity (Wildman–Crippen MR) is 137 cm³/mol. The molecule has 48 heavy (non-hydrogen) atoms. The molecule has 0 heterocycles. The zero-order valence-electron chi connectivity index (χ0n) is 22.5. The van der Waals surface area contributed by atoms with Gasteiger partial charge in [0, 0.05) is 27.9 Å². The van der Waals surface area contributed by atoms with E-state index in [0.717, 1.165) is 24.3 Å². The van der Waals surface area contributed by atoms with Gasteiger partial charge in [0.2, 0.25) is 0 Å². The Hall–Kier alpha value is -6.88. The molecule has 0 spiro atoms. The summed E-state index contributed by atoms with van der Waals surface area (Å²) < 4.78 is 178. The van der Waals surface area contributed by atoms with Crippen molar-refractivity contribution in [3.8, 4) is 49.0 Å². The van der Waals surface area contributed by atoms with Crippen molar-refractivity contribution in [1.82, 2.24) is 0 Å². The number of nitriles is 4. The molecule has 16 heteroatoms. The molecule has 0 amide bonds. The molecule has 0 aromatic heterocycles. The molecule has 3 aromatic carbocycles. The number of benzene rings is 3. The van der Waals surface area contributed by atoms with Gasteiger partial charge in [-0.25, -0.2) is 52.7 Å². The zero-order valence-corrected chi connectivity index (χ0v) is 22.5. The molecule has 4 nitrogen and oxygen atoms in total. The Morgan fingerprint density at radius 1 is 0.354 bits per heavy atom. The molecular formula is C32H2F12N4. The van der Waals surface area contributed by atoms with Gasteiger partial charge in [-0.05, 0) is 0 Å². The van der Waals surface area contributed by atoms with Gasteiger partial charge in [0.1, 0.15) is 41.0 Å². The third kappa shape index (κ3) is 4.60. The zero-order chi connectivity index (χ0) is 36.1. The van der Waals surface area contributed by atoms with Gasteiger partial charge in [-0.15, -0.1) is 12.8 Å². The van der Waals surface area contributed by atoms with Crippen LogP contribution in [-0.2, 0) is 0 Å². The molecule has 0 N–H and O–H groups in total. The highest BCUT2D eigenvalue weighted by Crippen LogP contribution is 2.57. The van der Waals surface area contributed by atoms with Gasteiger partial charge in [-0.1, -0.05) is 11.8 Å². The number of hydrogen-bond acceptors (Lipinski definition) is 4. The number of nitrogens with zero attached hydrogens (tertiary/aromatic N) is 4. The van der Waals surface area contributed by atoms with Crippen molar-refractivity contribution < 1.29 is 52.7 Å². The van der Waals surface area contributed by atoms with Crippen LogP contribution in [0.4, 0.5) is 52.7 Å². The monoisotopic (exact) mass is 670 g/mol. The van der Waals surface area contributed by atoms with Gasteiger partial charge in [0.05, 0.1) is 22.3 Å². The second kappa shape index (κ2) is 12.1. The minimum atomic E-state index is -2.47. The van der Waals surface area contributed by atoms with Crippen LogP contribution in [0, 0.1) is 140 Å². The third-order valence-corrected chi connectivity index (χ3v) is 6.71. The average Bonchev–Trinajstić information content (AvgIpc) is 3.78. The normalized spacial score (nSPS) is 14.9. The van der Waals surface area contributed by atoms with Gasteiger partial charge >= 0.3 is 0 Å². The van der Waals surface area contributed by atoms with Crippen molar-refractivity contribution in [2.75, 3.05) is 0 Å². The van der Waals surface area contributed by atoms with E-state index in [4.69, 9.17) is 28.6 Å². The van der Waals surface area contributed by atoms with Crippen LogP contribution in [-0.4, -0.2) is 0 Å². The molecule has 4 rings (SSSR count). The van der Waals surface area contributed by atoms with Gasteiger partial charge in [0.25, 0.3) is 0 Å². The first-order valence-electron chi connectivity index (χ1n) is 12.0. The summed E-state index contributed by atoms with van der Waals surface area (Å²) in [7, 11) is 0. The lowest BCUT2D eigenvalue weighted by Crippen LogP contribution is -2.06. The van der Waals surface area contributed by atoms with E-state index in [1.807, 2.05) is 0 Å². The molecule has 1 aliphatic rings. The molecular weight excluding hydrogens is 668 g/mol. The van der Waals surface area contributed by atoms with Crippen LogP contribution in [0.1, 0.15) is 33.4 Å². The van der Waals surface area contributed by atoms with Crippen LogP contribution in [0.3, 0.4) is 0 Å². The van der Waals surface area contributed by atoms with Crippen LogP contribution in [0.25, 0.3) is 16.7 Å². The average molecular weight is 670 g/mol. The molecule has 0 saturated heterocycles. The lowest BCUT2D eigenvalue weighted by atomic mass is 9.98. The number of halogens is 12. The third-order valence-electron chi connectivity index (χ3n) is 6.71. The first-order chi connectivity index (χ1) is 22.6. The molecule has 1 aliphatic carbocycles. The topological polar surface area (TPSA) is 95.2 Å². The summed E-state index contributed by atoms with van der Waals surface area (Å²) in [5, 5.41) is 36.5. The van der Waals surface area contributed by atoms with Gasteiger partial charge in [0.15, 0.2) is 69.8 Å². The van der Waals surface area contributed by atoms with Crippen LogP contribution in [0.15, 0.2) is 16.7 Å². The molecule has 0 unspecified atom stereocenters. The van der Waals surface area contributed by atoms with E-state index in [1.165, 1.54) is 11.8 Å². The van der Waals surface area contributed by atoms with E-state index in [0.29, 0.717) is 0 Å². The summed E-state index contributed by atoms with van der Waals surface area (Å²) in [5.41, 5.74) is -19.7. The number of terminal acetylenes is 2. The molecule has 0 atom stereocenters. The minimum Gasteiger partial charge on any atom is -0.203 e. The minimum absolute atomic E-state index is 0.799. The van der Waals surface area contributed by atoms with E-state index < -0.39 is 137 Å². The first-order valence-corrected chi connectivity index (χ1v) is 12.0. The highest BCUT2D eigenvalue weighted by molar-refractivity contribution is 6.12. The van der Waals surface area contributed by atoms with Crippen molar-refractivity contribution >= 4 is 16.7 Å². The van der Waals surface area contributed by atoms with Gasteiger partial charge < -0.3 is 0 Å². The summed E-state index contributed by atoms with van der Waals surface area (Å²) in [5.74, 6) is -25.9. The van der Waals surface area contributed by atoms with Crippen LogP contribution in [0.2, 0.25) is 0 Å². The summed E-state index contributed by atoms with van der Waals surface area (Å²) in [6.07, 6.45) is 10.6. The molecule has 1 fully saturated rings. The Morgan fingerprint density at radius 2 is 0.562 bits per heavy atom. The Labute approximate surface area is 259 Å². The first kappa shape index (κ1) is 34.0. The maximum atomic E-state index is 15.1. The lowest BCUT2D eigenvalue weighted by molar-refractivity contribution is 0.447. The number of hydrogen-bond donors (Lipinski definition) is 0. The van der Waals surface area contributed by atoms with Crippen LogP contribution >= 0.6 is 0 Å². The SMILES string of the molecule is C#C/C(=C1/C(=C(C#N)c2c(F)c(F)c(C#N)c(F)c2F)/C1=C(\C#C)c1c(F)c(F)c(C#N)c(F)c1F)c1c(F)c(F)c(C#N)c(F)c1F. The smallest absolute Gasteiger partial charge is 0.180 e. The fourth-order valence-corrected chi connectivity index (χ4v) is 4.56. The number of rotatable bonds is 3. The predicted octanol–water partition coefficient (Wildman–Crippen LogP) is 7.44. The molecule has 1 saturated carbocycles. The quantitative estimate of drug-likeness (QED) is 0.125. The Bertz CT molecular complexity index is 2060. The highest BCUT2D eigenvalue weighted by Gasteiger charge is 2.45. The van der Waals surface area contributed by atoms with Gasteiger partial charge in [-0.3, -0.25) is 0 Å². The lowest BCUT2D eigenvalue weighted by Gasteiger charge is -2.09. The summed E-state index contributed by atoms with van der Waals surface area (Å²) >= 11 is 0. The van der Waals surface area contributed by atoms with E-state index >= 15 is 26.3 Å². The maximum Gasteiger partial charge on any atom is 0.180 e. The van der Waals surface area contributed by atoms with Crippen LogP contribution < -0.4 is 0 Å². The van der Waals surface area contributed by atoms with Crippen molar-refractivity contribution in [3.05, 3.63) is 120 Å². The van der Waals surface area contributed by atoms with Crippen molar-refractivity contribution in [3.63, 3.8) is 0 Å². The molecule has 0 aliphatic heterocycles. The van der Waals surface area contributed by atoms with E-state index in [-0.39, 0.29) is 0 Å². The highest BCUT2D eigenvalue weighted by atomic mass is 19.2. The Morgan fingerprint density at radius 3 is 0.750 bits per heavy atom. The Kier molecular flexibility index (Phi) is 8.60. The van der Waals surface area contributed by atoms with Crippen LogP contribution in [0.5, 0.6) is 0 Å². The molecule has 0 bridgehead atoms. The molecule has 0 radical (unpaired) electrons.